The van der Waals surface area contributed by atoms with Gasteiger partial charge in [0.15, 0.2) is 0 Å². The molecule has 1 aliphatic rings. The lowest BCUT2D eigenvalue weighted by Crippen LogP contribution is -2.42. The van der Waals surface area contributed by atoms with Gasteiger partial charge in [-0.1, -0.05) is 140 Å². The highest BCUT2D eigenvalue weighted by Gasteiger charge is 2.35. The van der Waals surface area contributed by atoms with E-state index < -0.39 is 0 Å². The zero-order valence-corrected chi connectivity index (χ0v) is 35.0. The number of anilines is 2. The summed E-state index contributed by atoms with van der Waals surface area (Å²) in [5.74, 6) is 0. The number of allylic oxidation sites excluding steroid dienone is 1. The monoisotopic (exact) mass is 729 g/mol. The average Bonchev–Trinajstić information content (AvgIpc) is 3.71. The SMILES string of the molecule is CCCC(CCC)(c1ccc(N(c2ccc(C3=CCC(c4ccc(CCCO)cc4)S3)cc2)C(C)(CC)CC)cc1)c1ccc(C(C)(CC)CC)cc1. The van der Waals surface area contributed by atoms with E-state index in [1.54, 1.807) is 0 Å². The number of rotatable bonds is 19. The number of hydrogen-bond donors (Lipinski definition) is 1. The Morgan fingerprint density at radius 1 is 0.642 bits per heavy atom. The molecule has 0 amide bonds. The lowest BCUT2D eigenvalue weighted by atomic mass is 9.67. The van der Waals surface area contributed by atoms with Gasteiger partial charge >= 0.3 is 0 Å². The highest BCUT2D eigenvalue weighted by molar-refractivity contribution is 8.08. The van der Waals surface area contributed by atoms with E-state index in [-0.39, 0.29) is 23.0 Å². The second kappa shape index (κ2) is 18.4. The molecule has 4 aromatic rings. The van der Waals surface area contributed by atoms with Gasteiger partial charge in [-0.05, 0) is 128 Å². The molecule has 1 heterocycles. The molecule has 0 aliphatic carbocycles. The van der Waals surface area contributed by atoms with E-state index in [2.05, 4.69) is 163 Å². The van der Waals surface area contributed by atoms with E-state index in [1.807, 2.05) is 11.8 Å². The van der Waals surface area contributed by atoms with Crippen LogP contribution in [-0.2, 0) is 17.3 Å². The largest absolute Gasteiger partial charge is 0.396 e. The predicted molar refractivity (Wildman–Crippen MR) is 234 cm³/mol. The zero-order chi connectivity index (χ0) is 38.1. The van der Waals surface area contributed by atoms with E-state index in [9.17, 15) is 5.11 Å². The highest BCUT2D eigenvalue weighted by Crippen LogP contribution is 2.49. The zero-order valence-electron chi connectivity index (χ0n) is 34.2. The van der Waals surface area contributed by atoms with Gasteiger partial charge < -0.3 is 10.0 Å². The summed E-state index contributed by atoms with van der Waals surface area (Å²) in [5, 5.41) is 9.64. The lowest BCUT2D eigenvalue weighted by Gasteiger charge is -2.43. The number of thioether (sulfide) groups is 1. The summed E-state index contributed by atoms with van der Waals surface area (Å²) in [4.78, 5) is 3.98. The molecule has 53 heavy (non-hydrogen) atoms. The fourth-order valence-corrected chi connectivity index (χ4v) is 9.91. The van der Waals surface area contributed by atoms with Crippen molar-refractivity contribution in [1.29, 1.82) is 0 Å². The van der Waals surface area contributed by atoms with Crippen LogP contribution in [0.5, 0.6) is 0 Å². The molecule has 1 N–H and O–H groups in total. The first-order chi connectivity index (χ1) is 25.6. The number of aliphatic hydroxyl groups excluding tert-OH is 1. The van der Waals surface area contributed by atoms with Crippen LogP contribution >= 0.6 is 11.8 Å². The van der Waals surface area contributed by atoms with Crippen LogP contribution in [0.25, 0.3) is 4.91 Å². The lowest BCUT2D eigenvalue weighted by molar-refractivity contribution is 0.288. The smallest absolute Gasteiger partial charge is 0.0434 e. The molecule has 0 saturated heterocycles. The Bertz CT molecular complexity index is 1720. The Morgan fingerprint density at radius 3 is 1.64 bits per heavy atom. The fraction of sp³-hybridized carbons (Fsp3) is 0.480. The van der Waals surface area contributed by atoms with Crippen LogP contribution in [0, 0.1) is 0 Å². The van der Waals surface area contributed by atoms with Crippen molar-refractivity contribution in [3.05, 3.63) is 137 Å². The van der Waals surface area contributed by atoms with Crippen molar-refractivity contribution in [2.75, 3.05) is 11.5 Å². The third-order valence-electron chi connectivity index (χ3n) is 13.0. The Kier molecular flexibility index (Phi) is 14.2. The van der Waals surface area contributed by atoms with Gasteiger partial charge in [0.1, 0.15) is 0 Å². The molecule has 1 unspecified atom stereocenters. The normalized spacial score (nSPS) is 15.1. The first-order valence-electron chi connectivity index (χ1n) is 20.8. The number of aliphatic hydroxyl groups is 1. The molecule has 1 aliphatic heterocycles. The first kappa shape index (κ1) is 40.9. The summed E-state index contributed by atoms with van der Waals surface area (Å²) in [7, 11) is 0. The molecule has 0 spiro atoms. The van der Waals surface area contributed by atoms with E-state index in [0.29, 0.717) is 5.25 Å². The van der Waals surface area contributed by atoms with E-state index in [1.165, 1.54) is 49.7 Å². The third kappa shape index (κ3) is 8.84. The minimum atomic E-state index is -0.0101. The summed E-state index contributed by atoms with van der Waals surface area (Å²) >= 11 is 1.99. The minimum absolute atomic E-state index is 0.00711. The van der Waals surface area contributed by atoms with Gasteiger partial charge in [-0.15, -0.1) is 11.8 Å². The molecule has 0 fully saturated rings. The maximum Gasteiger partial charge on any atom is 0.0434 e. The van der Waals surface area contributed by atoms with Gasteiger partial charge in [0.05, 0.1) is 0 Å². The molecule has 1 atom stereocenters. The molecule has 284 valence electrons. The maximum atomic E-state index is 9.19. The van der Waals surface area contributed by atoms with Crippen LogP contribution in [0.4, 0.5) is 11.4 Å². The van der Waals surface area contributed by atoms with E-state index in [0.717, 1.165) is 70.6 Å². The second-order valence-electron chi connectivity index (χ2n) is 16.0. The molecule has 5 rings (SSSR count). The van der Waals surface area contributed by atoms with Crippen molar-refractivity contribution in [3.63, 3.8) is 0 Å². The fourth-order valence-electron chi connectivity index (χ4n) is 8.65. The van der Waals surface area contributed by atoms with Gasteiger partial charge in [-0.3, -0.25) is 0 Å². The van der Waals surface area contributed by atoms with Crippen molar-refractivity contribution in [3.8, 4) is 0 Å². The van der Waals surface area contributed by atoms with Crippen molar-refractivity contribution in [1.82, 2.24) is 0 Å². The Morgan fingerprint density at radius 2 is 1.15 bits per heavy atom. The van der Waals surface area contributed by atoms with Crippen LogP contribution in [0.1, 0.15) is 158 Å². The van der Waals surface area contributed by atoms with Crippen molar-refractivity contribution < 1.29 is 5.11 Å². The standard InChI is InChI=1S/C50H67NOS/c1-9-35-50(36-10-2,42-25-23-41(24-26-42)48(7,11-3)12-4)43-27-31-45(32-28-43)51(49(8,13-5)14-6)44-29-21-40(22-30-44)47-34-33-46(53-47)39-19-17-38(18-20-39)16-15-37-52/h17-32,34,46,52H,9-16,33,35-37H2,1-8H3. The van der Waals surface area contributed by atoms with Crippen LogP contribution in [0.3, 0.4) is 0 Å². The van der Waals surface area contributed by atoms with Crippen LogP contribution < -0.4 is 4.90 Å². The van der Waals surface area contributed by atoms with E-state index >= 15 is 0 Å². The van der Waals surface area contributed by atoms with Gasteiger partial charge in [-0.2, -0.15) is 0 Å². The number of aryl methyl sites for hydroxylation is 1. The Labute approximate surface area is 327 Å². The molecule has 0 bridgehead atoms. The Balaban J connectivity index is 1.42. The Hall–Kier alpha value is -3.27. The van der Waals surface area contributed by atoms with Crippen LogP contribution in [0.15, 0.2) is 103 Å². The van der Waals surface area contributed by atoms with Gasteiger partial charge in [0.25, 0.3) is 0 Å². The topological polar surface area (TPSA) is 23.5 Å². The summed E-state index contributed by atoms with van der Waals surface area (Å²) < 4.78 is 0. The molecule has 0 radical (unpaired) electrons. The average molecular weight is 730 g/mol. The molecule has 3 heteroatoms. The van der Waals surface area contributed by atoms with Gasteiger partial charge in [0.2, 0.25) is 0 Å². The molecular formula is C50H67NOS. The number of benzene rings is 4. The van der Waals surface area contributed by atoms with Gasteiger partial charge in [0, 0.05) is 39.1 Å². The third-order valence-corrected chi connectivity index (χ3v) is 14.4. The van der Waals surface area contributed by atoms with E-state index in [4.69, 9.17) is 0 Å². The van der Waals surface area contributed by atoms with Gasteiger partial charge in [-0.25, -0.2) is 0 Å². The second-order valence-corrected chi connectivity index (χ2v) is 17.3. The molecule has 0 aromatic heterocycles. The first-order valence-corrected chi connectivity index (χ1v) is 21.7. The summed E-state index contributed by atoms with van der Waals surface area (Å²) in [6, 6.07) is 37.8. The summed E-state index contributed by atoms with van der Waals surface area (Å²) in [5.41, 5.74) is 11.1. The quantitative estimate of drug-likeness (QED) is 0.104. The van der Waals surface area contributed by atoms with Crippen molar-refractivity contribution >= 4 is 28.0 Å². The minimum Gasteiger partial charge on any atom is -0.396 e. The van der Waals surface area contributed by atoms with Crippen LogP contribution in [-0.4, -0.2) is 17.3 Å². The number of hydrogen-bond acceptors (Lipinski definition) is 3. The molecule has 0 saturated carbocycles. The van der Waals surface area contributed by atoms with Crippen LogP contribution in [0.2, 0.25) is 0 Å². The molecule has 2 nitrogen and oxygen atoms in total. The molecular weight excluding hydrogens is 663 g/mol. The summed E-state index contributed by atoms with van der Waals surface area (Å²) in [6.07, 6.45) is 14.3. The maximum absolute atomic E-state index is 9.19. The van der Waals surface area contributed by atoms with Crippen molar-refractivity contribution in [2.45, 2.75) is 148 Å². The van der Waals surface area contributed by atoms with Crippen molar-refractivity contribution in [2.24, 2.45) is 0 Å². The molecule has 4 aromatic carbocycles. The summed E-state index contributed by atoms with van der Waals surface area (Å²) in [6.45, 7) is 19.1. The number of nitrogens with zero attached hydrogens (tertiary/aromatic N) is 1. The highest BCUT2D eigenvalue weighted by atomic mass is 32.2. The predicted octanol–water partition coefficient (Wildman–Crippen LogP) is 14.5.